The molecule has 0 fully saturated rings. The maximum atomic E-state index is 12.0. The summed E-state index contributed by atoms with van der Waals surface area (Å²) < 4.78 is 26.4. The number of thiocarbonyl (C=S) groups is 1. The van der Waals surface area contributed by atoms with Crippen LogP contribution in [0.25, 0.3) is 0 Å². The first-order chi connectivity index (χ1) is 12.9. The summed E-state index contributed by atoms with van der Waals surface area (Å²) in [5.74, 6) is -0.191. The van der Waals surface area contributed by atoms with Crippen LogP contribution < -0.4 is 15.4 Å². The number of hydrogen-bond acceptors (Lipinski definition) is 4. The van der Waals surface area contributed by atoms with Crippen LogP contribution in [0.1, 0.15) is 12.0 Å². The lowest BCUT2D eigenvalue weighted by Gasteiger charge is -2.10. The molecule has 2 rings (SSSR count). The second-order valence-corrected chi connectivity index (χ2v) is 7.83. The highest BCUT2D eigenvalue weighted by molar-refractivity contribution is 7.89. The van der Waals surface area contributed by atoms with Crippen molar-refractivity contribution in [3.63, 3.8) is 0 Å². The van der Waals surface area contributed by atoms with Gasteiger partial charge in [-0.15, -0.1) is 6.58 Å². The van der Waals surface area contributed by atoms with Crippen LogP contribution >= 0.6 is 12.2 Å². The number of carbonyl (C=O) groups is 1. The molecule has 8 heteroatoms. The minimum Gasteiger partial charge on any atom is -0.332 e. The van der Waals surface area contributed by atoms with Gasteiger partial charge in [0, 0.05) is 18.7 Å². The number of anilines is 1. The van der Waals surface area contributed by atoms with Gasteiger partial charge in [0.1, 0.15) is 0 Å². The summed E-state index contributed by atoms with van der Waals surface area (Å²) >= 11 is 5.12. The molecule has 2 aromatic carbocycles. The highest BCUT2D eigenvalue weighted by Crippen LogP contribution is 2.14. The van der Waals surface area contributed by atoms with Gasteiger partial charge in [-0.1, -0.05) is 36.4 Å². The zero-order chi connectivity index (χ0) is 19.7. The van der Waals surface area contributed by atoms with E-state index in [1.165, 1.54) is 18.2 Å². The molecule has 0 radical (unpaired) electrons. The third kappa shape index (κ3) is 6.93. The van der Waals surface area contributed by atoms with E-state index in [4.69, 9.17) is 12.2 Å². The number of aryl methyl sites for hydroxylation is 1. The van der Waals surface area contributed by atoms with Crippen molar-refractivity contribution in [1.29, 1.82) is 0 Å². The number of hydrogen-bond donors (Lipinski definition) is 3. The summed E-state index contributed by atoms with van der Waals surface area (Å²) in [6.07, 6.45) is 2.41. The predicted octanol–water partition coefficient (Wildman–Crippen LogP) is 2.60. The Morgan fingerprint density at radius 1 is 1.07 bits per heavy atom. The maximum absolute atomic E-state index is 12.0. The zero-order valence-corrected chi connectivity index (χ0v) is 16.3. The quantitative estimate of drug-likeness (QED) is 0.466. The van der Waals surface area contributed by atoms with Crippen molar-refractivity contribution in [2.24, 2.45) is 0 Å². The van der Waals surface area contributed by atoms with E-state index in [1.54, 1.807) is 12.1 Å². The van der Waals surface area contributed by atoms with Gasteiger partial charge in [-0.2, -0.15) is 0 Å². The topological polar surface area (TPSA) is 87.3 Å². The standard InChI is InChI=1S/C19H21N3O3S2/c1-2-14-20-27(24,25)17-11-9-16(10-12-17)21-19(26)22-18(23)13-8-15-6-4-3-5-7-15/h2-7,9-12,20H,1,8,13-14H2,(H2,21,22,23,26). The van der Waals surface area contributed by atoms with E-state index in [9.17, 15) is 13.2 Å². The molecule has 0 saturated heterocycles. The first-order valence-electron chi connectivity index (χ1n) is 8.26. The number of sulfonamides is 1. The largest absolute Gasteiger partial charge is 0.332 e. The Morgan fingerprint density at radius 3 is 2.37 bits per heavy atom. The molecule has 0 bridgehead atoms. The minimum absolute atomic E-state index is 0.132. The van der Waals surface area contributed by atoms with Gasteiger partial charge in [0.15, 0.2) is 5.11 Å². The minimum atomic E-state index is -3.57. The van der Waals surface area contributed by atoms with E-state index in [0.717, 1.165) is 5.56 Å². The molecule has 2 aromatic rings. The molecule has 0 saturated carbocycles. The van der Waals surface area contributed by atoms with Crippen LogP contribution in [0, 0.1) is 0 Å². The van der Waals surface area contributed by atoms with Crippen LogP contribution in [0.5, 0.6) is 0 Å². The predicted molar refractivity (Wildman–Crippen MR) is 111 cm³/mol. The Hall–Kier alpha value is -2.55. The smallest absolute Gasteiger partial charge is 0.240 e. The molecule has 142 valence electrons. The number of carbonyl (C=O) groups excluding carboxylic acids is 1. The molecule has 0 atom stereocenters. The number of nitrogens with one attached hydrogen (secondary N) is 3. The highest BCUT2D eigenvalue weighted by Gasteiger charge is 2.12. The summed E-state index contributed by atoms with van der Waals surface area (Å²) in [5.41, 5.74) is 1.65. The van der Waals surface area contributed by atoms with Gasteiger partial charge in [-0.3, -0.25) is 4.79 Å². The van der Waals surface area contributed by atoms with Crippen molar-refractivity contribution in [2.45, 2.75) is 17.7 Å². The molecular weight excluding hydrogens is 382 g/mol. The van der Waals surface area contributed by atoms with Gasteiger partial charge in [0.25, 0.3) is 0 Å². The molecular formula is C19H21N3O3S2. The fraction of sp³-hybridized carbons (Fsp3) is 0.158. The van der Waals surface area contributed by atoms with E-state index in [2.05, 4.69) is 21.9 Å². The Morgan fingerprint density at radius 2 is 1.74 bits per heavy atom. The molecule has 6 nitrogen and oxygen atoms in total. The molecule has 1 amide bonds. The van der Waals surface area contributed by atoms with Crippen molar-refractivity contribution in [1.82, 2.24) is 10.0 Å². The fourth-order valence-corrected chi connectivity index (χ4v) is 3.45. The van der Waals surface area contributed by atoms with E-state index >= 15 is 0 Å². The van der Waals surface area contributed by atoms with Crippen molar-refractivity contribution >= 4 is 38.9 Å². The monoisotopic (exact) mass is 403 g/mol. The second-order valence-electron chi connectivity index (χ2n) is 5.65. The maximum Gasteiger partial charge on any atom is 0.240 e. The SMILES string of the molecule is C=CCNS(=O)(=O)c1ccc(NC(=S)NC(=O)CCc2ccccc2)cc1. The van der Waals surface area contributed by atoms with E-state index < -0.39 is 10.0 Å². The Kier molecular flexibility index (Phi) is 7.66. The van der Waals surface area contributed by atoms with Gasteiger partial charge in [0.05, 0.1) is 4.90 Å². The first-order valence-corrected chi connectivity index (χ1v) is 10.2. The van der Waals surface area contributed by atoms with Crippen LogP contribution in [-0.2, 0) is 21.2 Å². The summed E-state index contributed by atoms with van der Waals surface area (Å²) in [4.78, 5) is 12.1. The molecule has 0 aliphatic carbocycles. The van der Waals surface area contributed by atoms with Crippen LogP contribution in [0.4, 0.5) is 5.69 Å². The first kappa shape index (κ1) is 20.8. The molecule has 3 N–H and O–H groups in total. The Balaban J connectivity index is 1.84. The zero-order valence-electron chi connectivity index (χ0n) is 14.6. The van der Waals surface area contributed by atoms with Crippen molar-refractivity contribution < 1.29 is 13.2 Å². The molecule has 0 aliphatic heterocycles. The lowest BCUT2D eigenvalue weighted by atomic mass is 10.1. The molecule has 0 aromatic heterocycles. The number of rotatable bonds is 8. The van der Waals surface area contributed by atoms with Crippen LogP contribution in [-0.4, -0.2) is 26.0 Å². The fourth-order valence-electron chi connectivity index (χ4n) is 2.22. The number of amides is 1. The highest BCUT2D eigenvalue weighted by atomic mass is 32.2. The summed E-state index contributed by atoms with van der Waals surface area (Å²) in [6, 6.07) is 15.8. The van der Waals surface area contributed by atoms with Crippen molar-refractivity contribution in [2.75, 3.05) is 11.9 Å². The average molecular weight is 404 g/mol. The lowest BCUT2D eigenvalue weighted by molar-refractivity contribution is -0.119. The lowest BCUT2D eigenvalue weighted by Crippen LogP contribution is -2.34. The van der Waals surface area contributed by atoms with E-state index in [1.807, 2.05) is 30.3 Å². The molecule has 0 heterocycles. The van der Waals surface area contributed by atoms with Crippen LogP contribution in [0.3, 0.4) is 0 Å². The second kappa shape index (κ2) is 9.96. The van der Waals surface area contributed by atoms with Gasteiger partial charge >= 0.3 is 0 Å². The van der Waals surface area contributed by atoms with Gasteiger partial charge in [-0.05, 0) is 48.5 Å². The Bertz CT molecular complexity index is 896. The van der Waals surface area contributed by atoms with Crippen LogP contribution in [0.2, 0.25) is 0 Å². The van der Waals surface area contributed by atoms with Gasteiger partial charge in [0.2, 0.25) is 15.9 Å². The van der Waals surface area contributed by atoms with Gasteiger partial charge < -0.3 is 10.6 Å². The molecule has 0 aliphatic rings. The summed E-state index contributed by atoms with van der Waals surface area (Å²) in [7, 11) is -3.57. The van der Waals surface area contributed by atoms with Crippen LogP contribution in [0.15, 0.2) is 72.1 Å². The summed E-state index contributed by atoms with van der Waals surface area (Å²) in [6.45, 7) is 3.63. The van der Waals surface area contributed by atoms with Crippen molar-refractivity contribution in [3.05, 3.63) is 72.8 Å². The molecule has 27 heavy (non-hydrogen) atoms. The average Bonchev–Trinajstić information content (AvgIpc) is 2.66. The molecule has 0 unspecified atom stereocenters. The summed E-state index contributed by atoms with van der Waals surface area (Å²) in [5, 5.41) is 5.63. The van der Waals surface area contributed by atoms with E-state index in [-0.39, 0.29) is 22.5 Å². The van der Waals surface area contributed by atoms with E-state index in [0.29, 0.717) is 18.5 Å². The van der Waals surface area contributed by atoms with Gasteiger partial charge in [-0.25, -0.2) is 13.1 Å². The third-order valence-electron chi connectivity index (χ3n) is 3.58. The molecule has 0 spiro atoms. The van der Waals surface area contributed by atoms with Crippen molar-refractivity contribution in [3.8, 4) is 0 Å². The Labute approximate surface area is 164 Å². The third-order valence-corrected chi connectivity index (χ3v) is 5.22. The number of benzene rings is 2. The normalized spacial score (nSPS) is 10.8.